The maximum Gasteiger partial charge on any atom is 0.237 e. The van der Waals surface area contributed by atoms with Crippen LogP contribution in [0.3, 0.4) is 0 Å². The van der Waals surface area contributed by atoms with Crippen LogP contribution in [0, 0.1) is 0 Å². The Morgan fingerprint density at radius 3 is 2.43 bits per heavy atom. The zero-order chi connectivity index (χ0) is 19.8. The van der Waals surface area contributed by atoms with Gasteiger partial charge in [0.25, 0.3) is 0 Å². The summed E-state index contributed by atoms with van der Waals surface area (Å²) in [5, 5.41) is 3.74. The molecule has 0 spiro atoms. The maximum atomic E-state index is 12.5. The molecule has 1 aliphatic heterocycles. The summed E-state index contributed by atoms with van der Waals surface area (Å²) in [6.45, 7) is 7.25. The van der Waals surface area contributed by atoms with Gasteiger partial charge in [-0.15, -0.1) is 0 Å². The van der Waals surface area contributed by atoms with Crippen LogP contribution < -0.4 is 5.32 Å². The molecule has 0 aliphatic carbocycles. The van der Waals surface area contributed by atoms with Gasteiger partial charge in [0.2, 0.25) is 5.91 Å². The van der Waals surface area contributed by atoms with Crippen molar-refractivity contribution in [2.24, 2.45) is 0 Å². The summed E-state index contributed by atoms with van der Waals surface area (Å²) >= 11 is 5.90. The Labute approximate surface area is 172 Å². The number of hydrogen-bond acceptors (Lipinski definition) is 3. The molecule has 1 heterocycles. The summed E-state index contributed by atoms with van der Waals surface area (Å²) < 4.78 is 0. The standard InChI is InChI=1S/C23H28ClN3O/c1-19(23(28)25-18-21-9-11-22(24)12-10-21)27-16-14-26(15-17-27)13-5-8-20-6-3-2-4-7-20/h2-12,19H,13-18H2,1H3,(H,25,28)/b8-5+. The number of piperazine rings is 1. The summed E-state index contributed by atoms with van der Waals surface area (Å²) in [6, 6.07) is 17.8. The van der Waals surface area contributed by atoms with Crippen LogP contribution in [0.4, 0.5) is 0 Å². The molecule has 0 saturated carbocycles. The van der Waals surface area contributed by atoms with E-state index < -0.39 is 0 Å². The SMILES string of the molecule is CC(C(=O)NCc1ccc(Cl)cc1)N1CCN(C/C=C/c2ccccc2)CC1. The molecule has 1 fully saturated rings. The van der Waals surface area contributed by atoms with Gasteiger partial charge < -0.3 is 5.32 Å². The van der Waals surface area contributed by atoms with Crippen LogP contribution in [0.1, 0.15) is 18.1 Å². The number of amides is 1. The lowest BCUT2D eigenvalue weighted by molar-refractivity contribution is -0.126. The van der Waals surface area contributed by atoms with Gasteiger partial charge in [0.1, 0.15) is 0 Å². The van der Waals surface area contributed by atoms with Crippen molar-refractivity contribution in [2.75, 3.05) is 32.7 Å². The van der Waals surface area contributed by atoms with Crippen molar-refractivity contribution in [3.05, 3.63) is 76.8 Å². The molecule has 2 aromatic carbocycles. The molecule has 0 bridgehead atoms. The average Bonchev–Trinajstić information content (AvgIpc) is 2.74. The summed E-state index contributed by atoms with van der Waals surface area (Å²) in [4.78, 5) is 17.2. The van der Waals surface area contributed by atoms with Gasteiger partial charge in [-0.25, -0.2) is 0 Å². The number of nitrogens with one attached hydrogen (secondary N) is 1. The van der Waals surface area contributed by atoms with Crippen LogP contribution in [0.25, 0.3) is 6.08 Å². The highest BCUT2D eigenvalue weighted by molar-refractivity contribution is 6.30. The van der Waals surface area contributed by atoms with Crippen molar-refractivity contribution in [3.63, 3.8) is 0 Å². The normalized spacial score (nSPS) is 16.9. The molecule has 4 nitrogen and oxygen atoms in total. The first-order valence-corrected chi connectivity index (χ1v) is 10.2. The van der Waals surface area contributed by atoms with Crippen molar-refractivity contribution < 1.29 is 4.79 Å². The predicted octanol–water partition coefficient (Wildman–Crippen LogP) is 3.68. The van der Waals surface area contributed by atoms with E-state index >= 15 is 0 Å². The molecule has 5 heteroatoms. The van der Waals surface area contributed by atoms with Crippen LogP contribution >= 0.6 is 11.6 Å². The minimum atomic E-state index is -0.116. The van der Waals surface area contributed by atoms with E-state index in [0.717, 1.165) is 38.3 Å². The van der Waals surface area contributed by atoms with Crippen LogP contribution in [-0.4, -0.2) is 54.5 Å². The van der Waals surface area contributed by atoms with Crippen LogP contribution in [-0.2, 0) is 11.3 Å². The highest BCUT2D eigenvalue weighted by Crippen LogP contribution is 2.10. The zero-order valence-electron chi connectivity index (χ0n) is 16.4. The summed E-state index contributed by atoms with van der Waals surface area (Å²) in [5.41, 5.74) is 2.28. The van der Waals surface area contributed by atoms with Gasteiger partial charge in [-0.1, -0.05) is 66.2 Å². The van der Waals surface area contributed by atoms with Crippen molar-refractivity contribution in [1.29, 1.82) is 0 Å². The third kappa shape index (κ3) is 6.20. The van der Waals surface area contributed by atoms with E-state index in [1.165, 1.54) is 5.56 Å². The molecule has 1 unspecified atom stereocenters. The number of rotatable bonds is 7. The molecule has 1 atom stereocenters. The first-order valence-electron chi connectivity index (χ1n) is 9.82. The molecule has 1 saturated heterocycles. The smallest absolute Gasteiger partial charge is 0.237 e. The molecule has 2 aromatic rings. The third-order valence-corrected chi connectivity index (χ3v) is 5.44. The van der Waals surface area contributed by atoms with Crippen molar-refractivity contribution >= 4 is 23.6 Å². The van der Waals surface area contributed by atoms with E-state index in [0.29, 0.717) is 11.6 Å². The van der Waals surface area contributed by atoms with E-state index in [4.69, 9.17) is 11.6 Å². The number of benzene rings is 2. The number of carbonyl (C=O) groups excluding carboxylic acids is 1. The van der Waals surface area contributed by atoms with E-state index in [1.807, 2.05) is 37.3 Å². The van der Waals surface area contributed by atoms with Crippen molar-refractivity contribution in [3.8, 4) is 0 Å². The molecular weight excluding hydrogens is 370 g/mol. The predicted molar refractivity (Wildman–Crippen MR) is 116 cm³/mol. The fourth-order valence-electron chi connectivity index (χ4n) is 3.34. The van der Waals surface area contributed by atoms with Gasteiger partial charge in [0.15, 0.2) is 0 Å². The first kappa shape index (κ1) is 20.6. The lowest BCUT2D eigenvalue weighted by Crippen LogP contribution is -2.53. The van der Waals surface area contributed by atoms with Gasteiger partial charge >= 0.3 is 0 Å². The second kappa shape index (κ2) is 10.4. The molecule has 1 aliphatic rings. The van der Waals surface area contributed by atoms with Crippen LogP contribution in [0.2, 0.25) is 5.02 Å². The second-order valence-corrected chi connectivity index (χ2v) is 7.61. The molecule has 28 heavy (non-hydrogen) atoms. The number of halogens is 1. The van der Waals surface area contributed by atoms with Gasteiger partial charge in [-0.2, -0.15) is 0 Å². The largest absolute Gasteiger partial charge is 0.351 e. The van der Waals surface area contributed by atoms with Gasteiger partial charge in [-0.05, 0) is 30.2 Å². The Balaban J connectivity index is 1.39. The first-order chi connectivity index (χ1) is 13.6. The molecule has 0 radical (unpaired) electrons. The van der Waals surface area contributed by atoms with E-state index in [9.17, 15) is 4.79 Å². The minimum Gasteiger partial charge on any atom is -0.351 e. The van der Waals surface area contributed by atoms with Crippen molar-refractivity contribution in [2.45, 2.75) is 19.5 Å². The van der Waals surface area contributed by atoms with E-state index in [-0.39, 0.29) is 11.9 Å². The highest BCUT2D eigenvalue weighted by atomic mass is 35.5. The molecular formula is C23H28ClN3O. The zero-order valence-corrected chi connectivity index (χ0v) is 17.1. The monoisotopic (exact) mass is 397 g/mol. The highest BCUT2D eigenvalue weighted by Gasteiger charge is 2.24. The van der Waals surface area contributed by atoms with Gasteiger partial charge in [0, 0.05) is 44.3 Å². The Kier molecular flexibility index (Phi) is 7.66. The third-order valence-electron chi connectivity index (χ3n) is 5.19. The molecule has 148 valence electrons. The lowest BCUT2D eigenvalue weighted by atomic mass is 10.2. The minimum absolute atomic E-state index is 0.0763. The van der Waals surface area contributed by atoms with E-state index in [2.05, 4.69) is 51.5 Å². The topological polar surface area (TPSA) is 35.6 Å². The van der Waals surface area contributed by atoms with E-state index in [1.54, 1.807) is 0 Å². The molecule has 1 amide bonds. The number of hydrogen-bond donors (Lipinski definition) is 1. The Bertz CT molecular complexity index is 768. The summed E-state index contributed by atoms with van der Waals surface area (Å²) in [6.07, 6.45) is 4.38. The fourth-order valence-corrected chi connectivity index (χ4v) is 3.47. The van der Waals surface area contributed by atoms with Gasteiger partial charge in [-0.3, -0.25) is 14.6 Å². The number of nitrogens with zero attached hydrogens (tertiary/aromatic N) is 2. The van der Waals surface area contributed by atoms with Crippen molar-refractivity contribution in [1.82, 2.24) is 15.1 Å². The van der Waals surface area contributed by atoms with Crippen LogP contribution in [0.5, 0.6) is 0 Å². The molecule has 3 rings (SSSR count). The quantitative estimate of drug-likeness (QED) is 0.774. The maximum absolute atomic E-state index is 12.5. The molecule has 0 aromatic heterocycles. The van der Waals surface area contributed by atoms with Gasteiger partial charge in [0.05, 0.1) is 6.04 Å². The molecule has 1 N–H and O–H groups in total. The fraction of sp³-hybridized carbons (Fsp3) is 0.348. The number of carbonyl (C=O) groups is 1. The Hall–Kier alpha value is -2.14. The second-order valence-electron chi connectivity index (χ2n) is 7.17. The Morgan fingerprint density at radius 1 is 1.07 bits per heavy atom. The average molecular weight is 398 g/mol. The summed E-state index contributed by atoms with van der Waals surface area (Å²) in [5.74, 6) is 0.0763. The summed E-state index contributed by atoms with van der Waals surface area (Å²) in [7, 11) is 0. The lowest BCUT2D eigenvalue weighted by Gasteiger charge is -2.37. The van der Waals surface area contributed by atoms with Crippen LogP contribution in [0.15, 0.2) is 60.7 Å². The Morgan fingerprint density at radius 2 is 1.75 bits per heavy atom.